The van der Waals surface area contributed by atoms with Crippen molar-refractivity contribution >= 4 is 5.82 Å². The standard InChI is InChI=1S/C16H20N4O/c1-12(21)15(20-11-14(10-17)16(18)19-20)9-5-8-13-6-3-2-4-7-13/h2-4,6-7,11-12,15,21H,5,8-9H2,1H3,(H2,18,19)/t12-,15?/m0/s1. The van der Waals surface area contributed by atoms with E-state index >= 15 is 0 Å². The molecule has 21 heavy (non-hydrogen) atoms. The largest absolute Gasteiger partial charge is 0.391 e. The molecule has 2 rings (SSSR count). The van der Waals surface area contributed by atoms with Crippen LogP contribution in [-0.2, 0) is 6.42 Å². The highest BCUT2D eigenvalue weighted by Crippen LogP contribution is 2.21. The lowest BCUT2D eigenvalue weighted by Gasteiger charge is -2.20. The number of aromatic nitrogens is 2. The summed E-state index contributed by atoms with van der Waals surface area (Å²) in [7, 11) is 0. The van der Waals surface area contributed by atoms with Crippen LogP contribution in [0.15, 0.2) is 36.5 Å². The number of hydrogen-bond acceptors (Lipinski definition) is 4. The molecule has 110 valence electrons. The summed E-state index contributed by atoms with van der Waals surface area (Å²) in [6.07, 6.45) is 3.72. The number of nitrogens with zero attached hydrogens (tertiary/aromatic N) is 3. The molecule has 0 aliphatic rings. The topological polar surface area (TPSA) is 87.9 Å². The maximum absolute atomic E-state index is 9.95. The number of nitrogens with two attached hydrogens (primary N) is 1. The van der Waals surface area contributed by atoms with E-state index in [2.05, 4.69) is 17.2 Å². The van der Waals surface area contributed by atoms with E-state index in [-0.39, 0.29) is 11.9 Å². The molecule has 0 spiro atoms. The molecule has 0 aliphatic carbocycles. The molecule has 2 atom stereocenters. The van der Waals surface area contributed by atoms with Gasteiger partial charge < -0.3 is 10.8 Å². The highest BCUT2D eigenvalue weighted by atomic mass is 16.3. The molecule has 0 bridgehead atoms. The molecular formula is C16H20N4O. The molecule has 0 radical (unpaired) electrons. The highest BCUT2D eigenvalue weighted by molar-refractivity contribution is 5.46. The van der Waals surface area contributed by atoms with Crippen LogP contribution in [0.3, 0.4) is 0 Å². The van der Waals surface area contributed by atoms with E-state index in [1.165, 1.54) is 5.56 Å². The summed E-state index contributed by atoms with van der Waals surface area (Å²) >= 11 is 0. The Balaban J connectivity index is 2.01. The molecule has 1 aromatic heterocycles. The third-order valence-corrected chi connectivity index (χ3v) is 3.59. The third-order valence-electron chi connectivity index (χ3n) is 3.59. The summed E-state index contributed by atoms with van der Waals surface area (Å²) in [6.45, 7) is 1.73. The molecule has 0 saturated carbocycles. The molecule has 0 aliphatic heterocycles. The van der Waals surface area contributed by atoms with Gasteiger partial charge in [0.1, 0.15) is 11.6 Å². The Hall–Kier alpha value is -2.32. The van der Waals surface area contributed by atoms with Crippen molar-refractivity contribution in [1.29, 1.82) is 5.26 Å². The van der Waals surface area contributed by atoms with Crippen LogP contribution in [0.1, 0.15) is 36.9 Å². The van der Waals surface area contributed by atoms with Crippen molar-refractivity contribution in [3.63, 3.8) is 0 Å². The zero-order valence-electron chi connectivity index (χ0n) is 12.1. The lowest BCUT2D eigenvalue weighted by atomic mass is 10.0. The third kappa shape index (κ3) is 3.83. The zero-order valence-corrected chi connectivity index (χ0v) is 12.1. The highest BCUT2D eigenvalue weighted by Gasteiger charge is 2.19. The second-order valence-corrected chi connectivity index (χ2v) is 5.21. The van der Waals surface area contributed by atoms with E-state index in [1.54, 1.807) is 17.8 Å². The first-order valence-corrected chi connectivity index (χ1v) is 7.08. The predicted molar refractivity (Wildman–Crippen MR) is 81.5 cm³/mol. The second-order valence-electron chi connectivity index (χ2n) is 5.21. The number of anilines is 1. The van der Waals surface area contributed by atoms with Crippen LogP contribution >= 0.6 is 0 Å². The quantitative estimate of drug-likeness (QED) is 0.851. The number of nitrogen functional groups attached to an aromatic ring is 1. The van der Waals surface area contributed by atoms with Gasteiger partial charge in [0.05, 0.1) is 12.1 Å². The average molecular weight is 284 g/mol. The van der Waals surface area contributed by atoms with Gasteiger partial charge in [-0.1, -0.05) is 30.3 Å². The fourth-order valence-electron chi connectivity index (χ4n) is 2.42. The smallest absolute Gasteiger partial charge is 0.163 e. The normalized spacial score (nSPS) is 13.6. The first-order valence-electron chi connectivity index (χ1n) is 7.08. The Morgan fingerprint density at radius 1 is 1.38 bits per heavy atom. The molecule has 3 N–H and O–H groups in total. The molecule has 5 nitrogen and oxygen atoms in total. The van der Waals surface area contributed by atoms with Crippen molar-refractivity contribution in [2.24, 2.45) is 0 Å². The molecule has 2 aromatic rings. The van der Waals surface area contributed by atoms with Gasteiger partial charge in [-0.25, -0.2) is 0 Å². The van der Waals surface area contributed by atoms with Crippen LogP contribution in [0.2, 0.25) is 0 Å². The monoisotopic (exact) mass is 284 g/mol. The van der Waals surface area contributed by atoms with Gasteiger partial charge in [0.15, 0.2) is 5.82 Å². The van der Waals surface area contributed by atoms with Crippen LogP contribution in [0.5, 0.6) is 0 Å². The van der Waals surface area contributed by atoms with Crippen molar-refractivity contribution in [3.05, 3.63) is 47.7 Å². The van der Waals surface area contributed by atoms with Crippen molar-refractivity contribution in [2.45, 2.75) is 38.3 Å². The van der Waals surface area contributed by atoms with E-state index in [9.17, 15) is 5.11 Å². The maximum atomic E-state index is 9.95. The number of nitriles is 1. The number of hydrogen-bond donors (Lipinski definition) is 2. The molecule has 1 unspecified atom stereocenters. The number of rotatable bonds is 6. The van der Waals surface area contributed by atoms with Crippen molar-refractivity contribution in [3.8, 4) is 6.07 Å². The number of aliphatic hydroxyl groups is 1. The first-order chi connectivity index (χ1) is 10.1. The maximum Gasteiger partial charge on any atom is 0.163 e. The van der Waals surface area contributed by atoms with Gasteiger partial charge in [0.25, 0.3) is 0 Å². The molecule has 1 aromatic carbocycles. The molecule has 0 fully saturated rings. The molecule has 5 heteroatoms. The summed E-state index contributed by atoms with van der Waals surface area (Å²) in [5.74, 6) is 0.214. The van der Waals surface area contributed by atoms with Crippen molar-refractivity contribution < 1.29 is 5.11 Å². The van der Waals surface area contributed by atoms with E-state index in [0.29, 0.717) is 5.56 Å². The Morgan fingerprint density at radius 2 is 2.10 bits per heavy atom. The van der Waals surface area contributed by atoms with Crippen LogP contribution in [0.4, 0.5) is 5.82 Å². The summed E-state index contributed by atoms with van der Waals surface area (Å²) in [5.41, 5.74) is 7.30. The van der Waals surface area contributed by atoms with E-state index < -0.39 is 6.10 Å². The Morgan fingerprint density at radius 3 is 2.67 bits per heavy atom. The summed E-state index contributed by atoms with van der Waals surface area (Å²) in [6, 6.07) is 12.1. The van der Waals surface area contributed by atoms with E-state index in [1.807, 2.05) is 24.3 Å². The van der Waals surface area contributed by atoms with Gasteiger partial charge in [-0.3, -0.25) is 4.68 Å². The number of aryl methyl sites for hydroxylation is 1. The average Bonchev–Trinajstić information content (AvgIpc) is 2.85. The second kappa shape index (κ2) is 6.91. The summed E-state index contributed by atoms with van der Waals surface area (Å²) in [5, 5.41) is 23.0. The van der Waals surface area contributed by atoms with Gasteiger partial charge in [-0.15, -0.1) is 0 Å². The lowest BCUT2D eigenvalue weighted by molar-refractivity contribution is 0.116. The summed E-state index contributed by atoms with van der Waals surface area (Å²) in [4.78, 5) is 0. The first kappa shape index (κ1) is 15.1. The zero-order chi connectivity index (χ0) is 15.2. The molecule has 0 saturated heterocycles. The fraction of sp³-hybridized carbons (Fsp3) is 0.375. The fourth-order valence-corrected chi connectivity index (χ4v) is 2.42. The van der Waals surface area contributed by atoms with Gasteiger partial charge >= 0.3 is 0 Å². The minimum Gasteiger partial charge on any atom is -0.391 e. The van der Waals surface area contributed by atoms with Crippen molar-refractivity contribution in [1.82, 2.24) is 9.78 Å². The van der Waals surface area contributed by atoms with Crippen LogP contribution in [-0.4, -0.2) is 21.0 Å². The molecule has 0 amide bonds. The minimum atomic E-state index is -0.549. The number of aliphatic hydroxyl groups excluding tert-OH is 1. The Labute approximate surface area is 124 Å². The number of benzene rings is 1. The lowest BCUT2D eigenvalue weighted by Crippen LogP contribution is -2.22. The molecule has 1 heterocycles. The minimum absolute atomic E-state index is 0.168. The van der Waals surface area contributed by atoms with Crippen LogP contribution in [0.25, 0.3) is 0 Å². The van der Waals surface area contributed by atoms with E-state index in [0.717, 1.165) is 19.3 Å². The van der Waals surface area contributed by atoms with Gasteiger partial charge in [-0.05, 0) is 31.7 Å². The van der Waals surface area contributed by atoms with E-state index in [4.69, 9.17) is 11.0 Å². The van der Waals surface area contributed by atoms with Gasteiger partial charge in [0, 0.05) is 6.20 Å². The van der Waals surface area contributed by atoms with Gasteiger partial charge in [-0.2, -0.15) is 10.4 Å². The molecular weight excluding hydrogens is 264 g/mol. The summed E-state index contributed by atoms with van der Waals surface area (Å²) < 4.78 is 1.61. The predicted octanol–water partition coefficient (Wildman–Crippen LogP) is 2.28. The Kier molecular flexibility index (Phi) is 4.96. The van der Waals surface area contributed by atoms with Crippen LogP contribution < -0.4 is 5.73 Å². The van der Waals surface area contributed by atoms with Crippen LogP contribution in [0, 0.1) is 11.3 Å². The Bertz CT molecular complexity index is 613. The van der Waals surface area contributed by atoms with Crippen molar-refractivity contribution in [2.75, 3.05) is 5.73 Å². The van der Waals surface area contributed by atoms with Gasteiger partial charge in [0.2, 0.25) is 0 Å². The SMILES string of the molecule is C[C@H](O)C(CCCc1ccccc1)n1cc(C#N)c(N)n1.